The fourth-order valence-electron chi connectivity index (χ4n) is 9.17. The lowest BCUT2D eigenvalue weighted by molar-refractivity contribution is 0.639. The summed E-state index contributed by atoms with van der Waals surface area (Å²) < 4.78 is 31.0. The van der Waals surface area contributed by atoms with Crippen molar-refractivity contribution in [2.45, 2.75) is 116 Å². The Kier molecular flexibility index (Phi) is 10.1. The number of hydrogen-bond donors (Lipinski definition) is 0. The highest BCUT2D eigenvalue weighted by atomic mass is 28.3. The average Bonchev–Trinajstić information content (AvgIpc) is 3.00. The Hall–Kier alpha value is -3.45. The van der Waals surface area contributed by atoms with E-state index < -0.39 is 16.1 Å². The monoisotopic (exact) mass is 674 g/mol. The predicted octanol–water partition coefficient (Wildman–Crippen LogP) is 13.7. The molecule has 0 aliphatic heterocycles. The third-order valence-corrected chi connectivity index (χ3v) is 24.1. The van der Waals surface area contributed by atoms with Crippen molar-refractivity contribution in [1.29, 1.82) is 0 Å². The van der Waals surface area contributed by atoms with Crippen LogP contribution in [0.15, 0.2) is 60.7 Å². The smallest absolute Gasteiger partial charge is 0.146 e. The maximum atomic E-state index is 15.5. The van der Waals surface area contributed by atoms with Crippen LogP contribution in [0.5, 0.6) is 0 Å². The third kappa shape index (κ3) is 5.80. The largest absolute Gasteiger partial charge is 0.206 e. The molecule has 250 valence electrons. The van der Waals surface area contributed by atoms with Gasteiger partial charge in [0, 0.05) is 21.9 Å². The van der Waals surface area contributed by atoms with E-state index in [1.807, 2.05) is 24.3 Å². The molecule has 0 unspecified atom stereocenters. The Balaban J connectivity index is 2.07. The molecule has 0 aliphatic rings. The molecule has 0 amide bonds. The Morgan fingerprint density at radius 1 is 0.417 bits per heavy atom. The maximum Gasteiger partial charge on any atom is 0.146 e. The van der Waals surface area contributed by atoms with Crippen LogP contribution < -0.4 is 0 Å². The summed E-state index contributed by atoms with van der Waals surface area (Å²) in [5.74, 6) is 7.08. The molecular weight excluding hydrogens is 623 g/mol. The van der Waals surface area contributed by atoms with Crippen LogP contribution >= 0.6 is 0 Å². The fourth-order valence-corrected chi connectivity index (χ4v) is 19.6. The van der Waals surface area contributed by atoms with Gasteiger partial charge in [0.25, 0.3) is 0 Å². The van der Waals surface area contributed by atoms with E-state index in [4.69, 9.17) is 0 Å². The second kappa shape index (κ2) is 13.5. The van der Waals surface area contributed by atoms with E-state index in [-0.39, 0.29) is 11.6 Å². The summed E-state index contributed by atoms with van der Waals surface area (Å²) in [5.41, 5.74) is 12.5. The molecule has 0 heterocycles. The number of hydrogen-bond acceptors (Lipinski definition) is 0. The highest BCUT2D eigenvalue weighted by Gasteiger charge is 2.43. The molecule has 5 aromatic rings. The van der Waals surface area contributed by atoms with Crippen molar-refractivity contribution in [2.75, 3.05) is 0 Å². The van der Waals surface area contributed by atoms with Gasteiger partial charge in [0.1, 0.15) is 27.8 Å². The SMILES string of the molecule is CC(C)[Si](C#Cc1c2cc3cccc(F)c3cc2c(C#C[Si](C(C)C)(C(C)C)C(C)C)c2cc3cccc(F)c3cc12)(C(C)C)C(C)C. The summed E-state index contributed by atoms with van der Waals surface area (Å²) in [6, 6.07) is 18.7. The zero-order valence-electron chi connectivity index (χ0n) is 31.0. The summed E-state index contributed by atoms with van der Waals surface area (Å²) in [6.45, 7) is 27.9. The van der Waals surface area contributed by atoms with E-state index in [0.717, 1.165) is 43.4 Å². The molecule has 4 heteroatoms. The zero-order chi connectivity index (χ0) is 35.3. The molecular formula is C44H52F2Si2. The van der Waals surface area contributed by atoms with Crippen LogP contribution in [-0.2, 0) is 0 Å². The second-order valence-corrected chi connectivity index (χ2v) is 26.9. The van der Waals surface area contributed by atoms with Gasteiger partial charge in [0.15, 0.2) is 0 Å². The molecule has 0 saturated heterocycles. The number of rotatable bonds is 6. The molecule has 0 fully saturated rings. The fraction of sp³-hybridized carbons (Fsp3) is 0.409. The Morgan fingerprint density at radius 3 is 1.00 bits per heavy atom. The van der Waals surface area contributed by atoms with Gasteiger partial charge in [0.05, 0.1) is 0 Å². The van der Waals surface area contributed by atoms with Crippen LogP contribution in [0.1, 0.15) is 94.2 Å². The first-order valence-corrected chi connectivity index (χ1v) is 22.3. The van der Waals surface area contributed by atoms with Gasteiger partial charge >= 0.3 is 0 Å². The van der Waals surface area contributed by atoms with Gasteiger partial charge in [-0.25, -0.2) is 8.78 Å². The van der Waals surface area contributed by atoms with E-state index in [2.05, 4.69) is 118 Å². The van der Waals surface area contributed by atoms with Gasteiger partial charge in [0.2, 0.25) is 0 Å². The van der Waals surface area contributed by atoms with Crippen molar-refractivity contribution in [2.24, 2.45) is 0 Å². The average molecular weight is 675 g/mol. The Bertz CT molecular complexity index is 1950. The minimum Gasteiger partial charge on any atom is -0.206 e. The number of fused-ring (bicyclic) bond motifs is 4. The molecule has 0 aliphatic carbocycles. The predicted molar refractivity (Wildman–Crippen MR) is 212 cm³/mol. The van der Waals surface area contributed by atoms with Crippen molar-refractivity contribution in [3.05, 3.63) is 83.4 Å². The van der Waals surface area contributed by atoms with Crippen LogP contribution in [0.3, 0.4) is 0 Å². The van der Waals surface area contributed by atoms with Crippen molar-refractivity contribution in [1.82, 2.24) is 0 Å². The molecule has 5 aromatic carbocycles. The molecule has 0 spiro atoms. The molecule has 0 N–H and O–H groups in total. The van der Waals surface area contributed by atoms with E-state index in [1.54, 1.807) is 12.1 Å². The van der Waals surface area contributed by atoms with Crippen LogP contribution in [0.25, 0.3) is 43.1 Å². The second-order valence-electron chi connectivity index (χ2n) is 15.8. The Labute approximate surface area is 289 Å². The highest BCUT2D eigenvalue weighted by Crippen LogP contribution is 2.44. The van der Waals surface area contributed by atoms with Gasteiger partial charge in [-0.05, 0) is 102 Å². The number of benzene rings is 5. The molecule has 0 radical (unpaired) electrons. The van der Waals surface area contributed by atoms with Crippen molar-refractivity contribution >= 4 is 59.2 Å². The quantitative estimate of drug-likeness (QED) is 0.0955. The van der Waals surface area contributed by atoms with Crippen molar-refractivity contribution < 1.29 is 8.78 Å². The normalized spacial score (nSPS) is 12.8. The van der Waals surface area contributed by atoms with E-state index in [1.165, 1.54) is 12.1 Å². The van der Waals surface area contributed by atoms with Crippen molar-refractivity contribution in [3.63, 3.8) is 0 Å². The van der Waals surface area contributed by atoms with E-state index in [9.17, 15) is 0 Å². The molecule has 0 bridgehead atoms. The summed E-state index contributed by atoms with van der Waals surface area (Å²) >= 11 is 0. The Morgan fingerprint density at radius 2 is 0.708 bits per heavy atom. The lowest BCUT2D eigenvalue weighted by Crippen LogP contribution is -2.43. The highest BCUT2D eigenvalue weighted by molar-refractivity contribution is 6.91. The van der Waals surface area contributed by atoms with Gasteiger partial charge < -0.3 is 0 Å². The minimum absolute atomic E-state index is 0.247. The van der Waals surface area contributed by atoms with Crippen LogP contribution in [0.2, 0.25) is 33.2 Å². The lowest BCUT2D eigenvalue weighted by Gasteiger charge is -2.38. The van der Waals surface area contributed by atoms with Gasteiger partial charge in [-0.2, -0.15) is 0 Å². The summed E-state index contributed by atoms with van der Waals surface area (Å²) in [4.78, 5) is 0. The molecule has 5 rings (SSSR count). The third-order valence-electron chi connectivity index (χ3n) is 11.5. The molecule has 0 saturated carbocycles. The first-order valence-electron chi connectivity index (χ1n) is 17.8. The van der Waals surface area contributed by atoms with Crippen LogP contribution in [0.4, 0.5) is 8.78 Å². The summed E-state index contributed by atoms with van der Waals surface area (Å²) in [7, 11) is -4.24. The lowest BCUT2D eigenvalue weighted by atomic mass is 9.89. The topological polar surface area (TPSA) is 0 Å². The summed E-state index contributed by atoms with van der Waals surface area (Å²) in [6.07, 6.45) is 0. The maximum absolute atomic E-state index is 15.5. The first-order chi connectivity index (χ1) is 22.6. The number of halogens is 2. The zero-order valence-corrected chi connectivity index (χ0v) is 33.0. The van der Waals surface area contributed by atoms with E-state index in [0.29, 0.717) is 44.0 Å². The van der Waals surface area contributed by atoms with E-state index >= 15 is 8.78 Å². The van der Waals surface area contributed by atoms with Crippen molar-refractivity contribution in [3.8, 4) is 22.9 Å². The standard InChI is InChI=1S/C44H52F2Si2/c1-27(2)47(28(3)4,29(5)6)21-19-35-39-23-33-15-13-18-44(46)38(33)26-42(39)36(20-22-48(30(7)8,31(9)10)32(11)12)40-24-34-16-14-17-43(45)37(34)25-41(35)40/h13-18,23-32H,1-12H3. The van der Waals surface area contributed by atoms with Gasteiger partial charge in [-0.3, -0.25) is 0 Å². The molecule has 0 atom stereocenters. The van der Waals surface area contributed by atoms with Gasteiger partial charge in [-0.1, -0.05) is 119 Å². The minimum atomic E-state index is -2.12. The van der Waals surface area contributed by atoms with Crippen LogP contribution in [-0.4, -0.2) is 16.1 Å². The summed E-state index contributed by atoms with van der Waals surface area (Å²) in [5, 5.41) is 6.55. The first kappa shape index (κ1) is 35.9. The van der Waals surface area contributed by atoms with Gasteiger partial charge in [-0.15, -0.1) is 11.1 Å². The van der Waals surface area contributed by atoms with Crippen LogP contribution in [0, 0.1) is 34.6 Å². The molecule has 0 nitrogen and oxygen atoms in total. The molecule has 48 heavy (non-hydrogen) atoms. The molecule has 0 aromatic heterocycles.